The Balaban J connectivity index is 4.45. The van der Waals surface area contributed by atoms with Crippen LogP contribution >= 0.6 is 0 Å². The molecule has 0 amide bonds. The molecule has 0 saturated heterocycles. The number of carbonyl (C=O) groups is 3. The Bertz CT molecular complexity index is 1270. The topological polar surface area (TPSA) is 78.9 Å². The Labute approximate surface area is 401 Å². The summed E-state index contributed by atoms with van der Waals surface area (Å²) in [5, 5.41) is 0. The number of esters is 3. The Hall–Kier alpha value is -3.41. The van der Waals surface area contributed by atoms with E-state index in [-0.39, 0.29) is 31.1 Å². The second kappa shape index (κ2) is 53.2. The van der Waals surface area contributed by atoms with Gasteiger partial charge < -0.3 is 14.2 Å². The molecule has 0 bridgehead atoms. The standard InChI is InChI=1S/C59H100O6/c1-4-7-10-13-16-19-22-25-27-29-30-31-33-34-37-40-43-46-49-52-58(61)64-55-56(54-63-57(60)51-48-45-42-39-36-24-21-18-15-12-9-6-3)65-59(62)53-50-47-44-41-38-35-32-28-26-23-20-17-14-11-8-5-2/h7,10,16,18-19,21,25,27-28,30-32,34,37,56H,4-6,8-9,11-15,17,20,22-24,26,29,33,35-36,38-55H2,1-3H3/b10-7-,19-16-,21-18-,27-25-,31-30-,32-28-,37-34-/t56-/m1/s1. The molecule has 0 unspecified atom stereocenters. The molecule has 0 aromatic carbocycles. The summed E-state index contributed by atoms with van der Waals surface area (Å²) in [7, 11) is 0. The van der Waals surface area contributed by atoms with Crippen molar-refractivity contribution in [2.75, 3.05) is 13.2 Å². The van der Waals surface area contributed by atoms with Gasteiger partial charge in [-0.1, -0.05) is 202 Å². The molecule has 0 aliphatic heterocycles. The van der Waals surface area contributed by atoms with Crippen LogP contribution in [-0.4, -0.2) is 37.2 Å². The predicted octanol–water partition coefficient (Wildman–Crippen LogP) is 18.0. The van der Waals surface area contributed by atoms with E-state index in [1.54, 1.807) is 0 Å². The highest BCUT2D eigenvalue weighted by atomic mass is 16.6. The third-order valence-corrected chi connectivity index (χ3v) is 11.4. The van der Waals surface area contributed by atoms with Crippen LogP contribution in [0.15, 0.2) is 85.1 Å². The van der Waals surface area contributed by atoms with E-state index in [0.29, 0.717) is 19.3 Å². The lowest BCUT2D eigenvalue weighted by Gasteiger charge is -2.18. The van der Waals surface area contributed by atoms with Gasteiger partial charge in [-0.3, -0.25) is 14.4 Å². The quantitative estimate of drug-likeness (QED) is 0.0262. The highest BCUT2D eigenvalue weighted by molar-refractivity contribution is 5.71. The molecule has 0 spiro atoms. The Kier molecular flexibility index (Phi) is 50.4. The number of allylic oxidation sites excluding steroid dienone is 14. The van der Waals surface area contributed by atoms with Crippen LogP contribution in [0.4, 0.5) is 0 Å². The smallest absolute Gasteiger partial charge is 0.306 e. The van der Waals surface area contributed by atoms with Gasteiger partial charge in [-0.25, -0.2) is 0 Å². The summed E-state index contributed by atoms with van der Waals surface area (Å²) in [6.07, 6.45) is 68.5. The first kappa shape index (κ1) is 61.6. The van der Waals surface area contributed by atoms with Gasteiger partial charge in [-0.15, -0.1) is 0 Å². The minimum absolute atomic E-state index is 0.0951. The molecule has 0 radical (unpaired) electrons. The zero-order valence-electron chi connectivity index (χ0n) is 42.5. The fourth-order valence-electron chi connectivity index (χ4n) is 7.28. The first-order valence-corrected chi connectivity index (χ1v) is 27.1. The van der Waals surface area contributed by atoms with Crippen molar-refractivity contribution in [2.24, 2.45) is 0 Å². The number of rotatable bonds is 48. The molecule has 0 saturated carbocycles. The van der Waals surface area contributed by atoms with E-state index >= 15 is 0 Å². The van der Waals surface area contributed by atoms with Crippen LogP contribution in [0, 0.1) is 0 Å². The molecule has 0 N–H and O–H groups in total. The number of ether oxygens (including phenoxy) is 3. The summed E-state index contributed by atoms with van der Waals surface area (Å²) in [6.45, 7) is 6.46. The van der Waals surface area contributed by atoms with Crippen LogP contribution < -0.4 is 0 Å². The minimum atomic E-state index is -0.798. The van der Waals surface area contributed by atoms with E-state index in [2.05, 4.69) is 106 Å². The summed E-state index contributed by atoms with van der Waals surface area (Å²) in [5.41, 5.74) is 0. The van der Waals surface area contributed by atoms with Gasteiger partial charge in [0.15, 0.2) is 6.10 Å². The van der Waals surface area contributed by atoms with Crippen LogP contribution in [0.25, 0.3) is 0 Å². The molecule has 372 valence electrons. The van der Waals surface area contributed by atoms with Gasteiger partial charge in [-0.05, 0) is 116 Å². The molecule has 0 rings (SSSR count). The van der Waals surface area contributed by atoms with Crippen molar-refractivity contribution in [3.05, 3.63) is 85.1 Å². The van der Waals surface area contributed by atoms with Gasteiger partial charge in [0, 0.05) is 19.3 Å². The number of hydrogen-bond donors (Lipinski definition) is 0. The Morgan fingerprint density at radius 2 is 0.600 bits per heavy atom. The van der Waals surface area contributed by atoms with E-state index in [9.17, 15) is 14.4 Å². The van der Waals surface area contributed by atoms with Gasteiger partial charge in [0.1, 0.15) is 13.2 Å². The molecule has 0 aromatic heterocycles. The molecule has 0 fully saturated rings. The summed E-state index contributed by atoms with van der Waals surface area (Å²) >= 11 is 0. The third kappa shape index (κ3) is 51.4. The second-order valence-corrected chi connectivity index (χ2v) is 17.7. The van der Waals surface area contributed by atoms with E-state index in [1.165, 1.54) is 96.3 Å². The lowest BCUT2D eigenvalue weighted by molar-refractivity contribution is -0.167. The molecule has 6 heteroatoms. The highest BCUT2D eigenvalue weighted by Gasteiger charge is 2.19. The van der Waals surface area contributed by atoms with E-state index in [4.69, 9.17) is 14.2 Å². The van der Waals surface area contributed by atoms with Crippen LogP contribution in [0.5, 0.6) is 0 Å². The first-order valence-electron chi connectivity index (χ1n) is 27.1. The van der Waals surface area contributed by atoms with Crippen LogP contribution in [0.1, 0.15) is 252 Å². The molecular formula is C59H100O6. The van der Waals surface area contributed by atoms with Crippen LogP contribution in [0.3, 0.4) is 0 Å². The molecule has 0 aliphatic rings. The third-order valence-electron chi connectivity index (χ3n) is 11.4. The Morgan fingerprint density at radius 1 is 0.323 bits per heavy atom. The second-order valence-electron chi connectivity index (χ2n) is 17.7. The summed E-state index contributed by atoms with van der Waals surface area (Å²) in [4.78, 5) is 38.0. The van der Waals surface area contributed by atoms with Crippen LogP contribution in [0.2, 0.25) is 0 Å². The average molecular weight is 905 g/mol. The largest absolute Gasteiger partial charge is 0.462 e. The van der Waals surface area contributed by atoms with E-state index < -0.39 is 6.10 Å². The molecule has 0 heterocycles. The summed E-state index contributed by atoms with van der Waals surface area (Å²) in [5.74, 6) is -0.944. The van der Waals surface area contributed by atoms with Crippen molar-refractivity contribution in [1.29, 1.82) is 0 Å². The van der Waals surface area contributed by atoms with Crippen molar-refractivity contribution in [3.8, 4) is 0 Å². The number of carbonyl (C=O) groups excluding carboxylic acids is 3. The van der Waals surface area contributed by atoms with Crippen molar-refractivity contribution in [2.45, 2.75) is 258 Å². The molecule has 6 nitrogen and oxygen atoms in total. The monoisotopic (exact) mass is 905 g/mol. The van der Waals surface area contributed by atoms with Crippen LogP contribution in [-0.2, 0) is 28.6 Å². The van der Waals surface area contributed by atoms with Gasteiger partial charge >= 0.3 is 17.9 Å². The van der Waals surface area contributed by atoms with Crippen molar-refractivity contribution in [3.63, 3.8) is 0 Å². The zero-order chi connectivity index (χ0) is 47.2. The number of unbranched alkanes of at least 4 members (excludes halogenated alkanes) is 23. The lowest BCUT2D eigenvalue weighted by atomic mass is 10.1. The fraction of sp³-hybridized carbons (Fsp3) is 0.712. The molecular weight excluding hydrogens is 805 g/mol. The van der Waals surface area contributed by atoms with Gasteiger partial charge in [0.25, 0.3) is 0 Å². The molecule has 0 aliphatic carbocycles. The SMILES string of the molecule is CC/C=C\C/C=C\C/C=C\C/C=C\C/C=C\CCCCCC(=O)OC[C@@H](COC(=O)CCCCCCC/C=C\CCCCC)OC(=O)CCCCCCC/C=C\CCCCCCCCC. The highest BCUT2D eigenvalue weighted by Crippen LogP contribution is 2.14. The normalized spacial score (nSPS) is 12.7. The van der Waals surface area contributed by atoms with Crippen molar-refractivity contribution in [1.82, 2.24) is 0 Å². The minimum Gasteiger partial charge on any atom is -0.462 e. The van der Waals surface area contributed by atoms with E-state index in [1.807, 2.05) is 0 Å². The number of hydrogen-bond acceptors (Lipinski definition) is 6. The maximum Gasteiger partial charge on any atom is 0.306 e. The Morgan fingerprint density at radius 3 is 1.00 bits per heavy atom. The van der Waals surface area contributed by atoms with E-state index in [0.717, 1.165) is 116 Å². The summed E-state index contributed by atoms with van der Waals surface area (Å²) in [6, 6.07) is 0. The fourth-order valence-corrected chi connectivity index (χ4v) is 7.28. The molecule has 1 atom stereocenters. The van der Waals surface area contributed by atoms with Gasteiger partial charge in [0.2, 0.25) is 0 Å². The molecule has 65 heavy (non-hydrogen) atoms. The maximum absolute atomic E-state index is 12.8. The maximum atomic E-state index is 12.8. The zero-order valence-corrected chi connectivity index (χ0v) is 42.5. The average Bonchev–Trinajstić information content (AvgIpc) is 3.30. The van der Waals surface area contributed by atoms with Gasteiger partial charge in [0.05, 0.1) is 0 Å². The van der Waals surface area contributed by atoms with Crippen molar-refractivity contribution < 1.29 is 28.6 Å². The lowest BCUT2D eigenvalue weighted by Crippen LogP contribution is -2.30. The summed E-state index contributed by atoms with van der Waals surface area (Å²) < 4.78 is 16.8. The molecule has 0 aromatic rings. The van der Waals surface area contributed by atoms with Crippen molar-refractivity contribution >= 4 is 17.9 Å². The first-order chi connectivity index (χ1) is 32.0. The van der Waals surface area contributed by atoms with Gasteiger partial charge in [-0.2, -0.15) is 0 Å². The predicted molar refractivity (Wildman–Crippen MR) is 279 cm³/mol.